The van der Waals surface area contributed by atoms with Gasteiger partial charge in [-0.3, -0.25) is 4.79 Å². The summed E-state index contributed by atoms with van der Waals surface area (Å²) in [5.41, 5.74) is 0.830. The molecule has 192 valence electrons. The average molecular weight is 514 g/mol. The average Bonchev–Trinajstić information content (AvgIpc) is 3.33. The second-order valence-electron chi connectivity index (χ2n) is 8.81. The van der Waals surface area contributed by atoms with Crippen molar-refractivity contribution in [3.8, 4) is 11.5 Å². The zero-order valence-electron chi connectivity index (χ0n) is 21.2. The van der Waals surface area contributed by atoms with Crippen LogP contribution in [0.3, 0.4) is 0 Å². The fourth-order valence-corrected chi connectivity index (χ4v) is 6.61. The quantitative estimate of drug-likeness (QED) is 0.132. The van der Waals surface area contributed by atoms with Crippen molar-refractivity contribution in [1.82, 2.24) is 4.90 Å². The van der Waals surface area contributed by atoms with Crippen LogP contribution in [-0.2, 0) is 20.8 Å². The van der Waals surface area contributed by atoms with Crippen LogP contribution in [0.2, 0.25) is 0 Å². The van der Waals surface area contributed by atoms with Gasteiger partial charge < -0.3 is 23.8 Å². The number of rotatable bonds is 13. The molecule has 0 aromatic heterocycles. The maximum Gasteiger partial charge on any atom is 0.413 e. The third-order valence-corrected chi connectivity index (χ3v) is 8.98. The molecule has 0 aliphatic carbocycles. The Morgan fingerprint density at radius 2 is 1.85 bits per heavy atom. The predicted octanol–water partition coefficient (Wildman–Crippen LogP) is 6.29. The molecule has 1 aromatic carbocycles. The predicted molar refractivity (Wildman–Crippen MR) is 138 cm³/mol. The lowest BCUT2D eigenvalue weighted by Crippen LogP contribution is -2.42. The Balaban J connectivity index is 1.90. The molecule has 1 aliphatic heterocycles. The molecule has 0 bridgehead atoms. The zero-order valence-corrected chi connectivity index (χ0v) is 22.8. The third-order valence-electron chi connectivity index (χ3n) is 5.97. The number of carbonyl (C=O) groups is 2. The molecule has 1 aliphatic rings. The molecule has 1 fully saturated rings. The van der Waals surface area contributed by atoms with E-state index in [0.717, 1.165) is 24.8 Å². The summed E-state index contributed by atoms with van der Waals surface area (Å²) in [6, 6.07) is 5.38. The Morgan fingerprint density at radius 3 is 2.47 bits per heavy atom. The van der Waals surface area contributed by atoms with Gasteiger partial charge in [-0.15, -0.1) is 0 Å². The molecular weight excluding hydrogens is 474 g/mol. The minimum atomic E-state index is -0.957. The summed E-state index contributed by atoms with van der Waals surface area (Å²) in [6.45, 7) is 7.93. The zero-order chi connectivity index (χ0) is 25.1. The van der Waals surface area contributed by atoms with Crippen molar-refractivity contribution >= 4 is 33.7 Å². The van der Waals surface area contributed by atoms with Crippen molar-refractivity contribution < 1.29 is 28.5 Å². The molecule has 1 amide bonds. The maximum absolute atomic E-state index is 13.1. The van der Waals surface area contributed by atoms with E-state index in [1.807, 2.05) is 54.5 Å². The fourth-order valence-electron chi connectivity index (χ4n) is 3.58. The van der Waals surface area contributed by atoms with Gasteiger partial charge in [0.1, 0.15) is 11.5 Å². The molecule has 0 spiro atoms. The van der Waals surface area contributed by atoms with Gasteiger partial charge in [0.2, 0.25) is 6.29 Å². The van der Waals surface area contributed by atoms with Gasteiger partial charge in [0.15, 0.2) is 0 Å². The summed E-state index contributed by atoms with van der Waals surface area (Å²) in [4.78, 5) is 26.9. The van der Waals surface area contributed by atoms with E-state index in [9.17, 15) is 9.59 Å². The van der Waals surface area contributed by atoms with Crippen molar-refractivity contribution in [2.75, 3.05) is 20.0 Å². The molecule has 9 heteroatoms. The first-order valence-corrected chi connectivity index (χ1v) is 14.3. The van der Waals surface area contributed by atoms with Crippen LogP contribution in [0.1, 0.15) is 65.4 Å². The molecule has 1 heterocycles. The van der Waals surface area contributed by atoms with Crippen LogP contribution >= 0.6 is 21.6 Å². The third kappa shape index (κ3) is 9.13. The Labute approximate surface area is 212 Å². The topological polar surface area (TPSA) is 74.3 Å². The van der Waals surface area contributed by atoms with Gasteiger partial charge in [0, 0.05) is 42.0 Å². The van der Waals surface area contributed by atoms with Crippen molar-refractivity contribution in [2.45, 2.75) is 83.9 Å². The molecular formula is C25H39NO6S2. The highest BCUT2D eigenvalue weighted by atomic mass is 33.1. The van der Waals surface area contributed by atoms with Crippen LogP contribution in [0.15, 0.2) is 18.2 Å². The number of esters is 1. The van der Waals surface area contributed by atoms with Gasteiger partial charge >= 0.3 is 12.1 Å². The van der Waals surface area contributed by atoms with Gasteiger partial charge in [-0.25, -0.2) is 4.79 Å². The molecule has 3 atom stereocenters. The number of hydrogen-bond acceptors (Lipinski definition) is 8. The van der Waals surface area contributed by atoms with E-state index in [2.05, 4.69) is 0 Å². The lowest BCUT2D eigenvalue weighted by molar-refractivity contribution is -0.166. The number of carbonyl (C=O) groups excluding carboxylic acids is 2. The number of ether oxygens (including phenoxy) is 4. The largest absolute Gasteiger partial charge is 0.497 e. The first-order valence-electron chi connectivity index (χ1n) is 11.9. The minimum Gasteiger partial charge on any atom is -0.497 e. The fraction of sp³-hybridized carbons (Fsp3) is 0.680. The van der Waals surface area contributed by atoms with Gasteiger partial charge in [-0.2, -0.15) is 0 Å². The smallest absolute Gasteiger partial charge is 0.413 e. The van der Waals surface area contributed by atoms with Gasteiger partial charge in [0.05, 0.1) is 20.8 Å². The molecule has 1 saturated heterocycles. The van der Waals surface area contributed by atoms with Crippen LogP contribution in [0.25, 0.3) is 0 Å². The number of amides is 1. The van der Waals surface area contributed by atoms with Gasteiger partial charge in [-0.05, 0) is 44.2 Å². The Bertz CT molecular complexity index is 785. The molecule has 2 unspecified atom stereocenters. The number of benzene rings is 1. The van der Waals surface area contributed by atoms with Gasteiger partial charge in [-0.1, -0.05) is 41.9 Å². The molecule has 7 nitrogen and oxygen atoms in total. The van der Waals surface area contributed by atoms with Crippen molar-refractivity contribution in [3.63, 3.8) is 0 Å². The van der Waals surface area contributed by atoms with E-state index in [1.165, 1.54) is 12.2 Å². The monoisotopic (exact) mass is 513 g/mol. The molecule has 34 heavy (non-hydrogen) atoms. The van der Waals surface area contributed by atoms with Crippen LogP contribution in [0, 0.1) is 5.92 Å². The molecule has 0 saturated carbocycles. The van der Waals surface area contributed by atoms with E-state index >= 15 is 0 Å². The summed E-state index contributed by atoms with van der Waals surface area (Å²) >= 11 is 0. The molecule has 2 rings (SSSR count). The summed E-state index contributed by atoms with van der Waals surface area (Å²) < 4.78 is 21.6. The van der Waals surface area contributed by atoms with E-state index < -0.39 is 12.4 Å². The number of methoxy groups -OCH3 is 2. The van der Waals surface area contributed by atoms with E-state index in [4.69, 9.17) is 18.9 Å². The highest BCUT2D eigenvalue weighted by molar-refractivity contribution is 8.77. The highest BCUT2D eigenvalue weighted by Crippen LogP contribution is 2.39. The highest BCUT2D eigenvalue weighted by Gasteiger charge is 2.27. The van der Waals surface area contributed by atoms with Crippen molar-refractivity contribution in [3.05, 3.63) is 23.8 Å². The first kappa shape index (κ1) is 28.5. The van der Waals surface area contributed by atoms with E-state index in [-0.39, 0.29) is 17.9 Å². The van der Waals surface area contributed by atoms with Crippen molar-refractivity contribution in [1.29, 1.82) is 0 Å². The SMILES string of the molecule is COc1ccc(CN(C(=O)OC(C)OC(=O)CCCC[C@@H]2CCSS2)C(C)C(C)C)c(OC)c1. The second-order valence-corrected chi connectivity index (χ2v) is 11.6. The molecule has 0 N–H and O–H groups in total. The lowest BCUT2D eigenvalue weighted by atomic mass is 10.0. The standard InChI is InChI=1S/C25H39NO6S2/c1-17(2)18(3)26(16-20-11-12-21(29-5)15-23(20)30-6)25(28)32-19(4)31-24(27)10-8-7-9-22-13-14-33-34-22/h11-12,15,17-19,22H,7-10,13-14,16H2,1-6H3/t18?,19?,22-/m1/s1. The normalized spacial score (nSPS) is 17.2. The second kappa shape index (κ2) is 14.6. The van der Waals surface area contributed by atoms with Crippen LogP contribution < -0.4 is 9.47 Å². The number of nitrogens with zero attached hydrogens (tertiary/aromatic N) is 1. The van der Waals surface area contributed by atoms with Crippen molar-refractivity contribution in [2.24, 2.45) is 5.92 Å². The molecule has 1 aromatic rings. The minimum absolute atomic E-state index is 0.103. The van der Waals surface area contributed by atoms with Crippen LogP contribution in [0.4, 0.5) is 4.79 Å². The number of hydrogen-bond donors (Lipinski definition) is 0. The van der Waals surface area contributed by atoms with E-state index in [1.54, 1.807) is 32.1 Å². The summed E-state index contributed by atoms with van der Waals surface area (Å²) in [7, 11) is 7.06. The van der Waals surface area contributed by atoms with Gasteiger partial charge in [0.25, 0.3) is 0 Å². The summed E-state index contributed by atoms with van der Waals surface area (Å²) in [5.74, 6) is 2.38. The summed E-state index contributed by atoms with van der Waals surface area (Å²) in [5, 5.41) is 0.708. The lowest BCUT2D eigenvalue weighted by Gasteiger charge is -2.32. The Hall–Kier alpha value is -1.74. The first-order chi connectivity index (χ1) is 16.2. The van der Waals surface area contributed by atoms with E-state index in [0.29, 0.717) is 29.7 Å². The number of unbranched alkanes of at least 4 members (excludes halogenated alkanes) is 1. The molecule has 0 radical (unpaired) electrons. The summed E-state index contributed by atoms with van der Waals surface area (Å²) in [6.07, 6.45) is 3.02. The Kier molecular flexibility index (Phi) is 12.2. The maximum atomic E-state index is 13.1. The Morgan fingerprint density at radius 1 is 1.09 bits per heavy atom. The van der Waals surface area contributed by atoms with Crippen LogP contribution in [0.5, 0.6) is 11.5 Å². The van der Waals surface area contributed by atoms with Crippen LogP contribution in [-0.4, -0.2) is 54.5 Å².